The van der Waals surface area contributed by atoms with Gasteiger partial charge in [0.1, 0.15) is 11.5 Å². The summed E-state index contributed by atoms with van der Waals surface area (Å²) in [7, 11) is 0. The molecular formula is C19H23N5O. The van der Waals surface area contributed by atoms with Crippen molar-refractivity contribution in [2.24, 2.45) is 5.73 Å². The standard InChI is InChI=1S/C19H23N5O/c20-18-7-8-19(10-18,25-12-18)11-22-16-13-4-3-6-14(13)23-17(24-16)15-5-1-2-9-21-15/h1-2,5,9H,3-4,6-8,10-12,20H2,(H,22,23,24). The molecule has 2 aliphatic carbocycles. The van der Waals surface area contributed by atoms with Gasteiger partial charge in [-0.05, 0) is 50.7 Å². The van der Waals surface area contributed by atoms with Gasteiger partial charge in [0.05, 0.1) is 12.2 Å². The summed E-state index contributed by atoms with van der Waals surface area (Å²) >= 11 is 0. The van der Waals surface area contributed by atoms with E-state index in [2.05, 4.69) is 10.3 Å². The number of hydrogen-bond acceptors (Lipinski definition) is 6. The fourth-order valence-corrected chi connectivity index (χ4v) is 4.47. The Morgan fingerprint density at radius 3 is 2.88 bits per heavy atom. The lowest BCUT2D eigenvalue weighted by Gasteiger charge is -2.28. The number of pyridine rings is 1. The molecule has 3 heterocycles. The zero-order valence-corrected chi connectivity index (χ0v) is 14.3. The molecule has 25 heavy (non-hydrogen) atoms. The lowest BCUT2D eigenvalue weighted by Crippen LogP contribution is -2.38. The molecule has 2 unspecified atom stereocenters. The molecule has 0 amide bonds. The van der Waals surface area contributed by atoms with E-state index in [4.69, 9.17) is 20.4 Å². The SMILES string of the molecule is NC12CCC(CNc3nc(-c4ccccn4)nc4c3CCC4)(C1)OC2. The molecule has 2 aromatic heterocycles. The summed E-state index contributed by atoms with van der Waals surface area (Å²) in [5, 5.41) is 3.57. The summed E-state index contributed by atoms with van der Waals surface area (Å²) in [4.78, 5) is 14.0. The van der Waals surface area contributed by atoms with Gasteiger partial charge in [-0.1, -0.05) is 6.07 Å². The van der Waals surface area contributed by atoms with Crippen LogP contribution in [0, 0.1) is 0 Å². The molecule has 6 nitrogen and oxygen atoms in total. The Kier molecular flexibility index (Phi) is 3.33. The van der Waals surface area contributed by atoms with Gasteiger partial charge in [-0.15, -0.1) is 0 Å². The third kappa shape index (κ3) is 2.60. The first kappa shape index (κ1) is 15.2. The third-order valence-corrected chi connectivity index (χ3v) is 5.82. The van der Waals surface area contributed by atoms with Gasteiger partial charge in [-0.25, -0.2) is 9.97 Å². The largest absolute Gasteiger partial charge is 0.371 e. The molecule has 3 aliphatic rings. The second kappa shape index (κ2) is 5.47. The van der Waals surface area contributed by atoms with Crippen LogP contribution in [0.4, 0.5) is 5.82 Å². The quantitative estimate of drug-likeness (QED) is 0.888. The summed E-state index contributed by atoms with van der Waals surface area (Å²) in [6, 6.07) is 5.83. The molecule has 2 aromatic rings. The molecular weight excluding hydrogens is 314 g/mol. The number of nitrogens with one attached hydrogen (secondary N) is 1. The Morgan fingerprint density at radius 2 is 2.16 bits per heavy atom. The molecule has 6 heteroatoms. The van der Waals surface area contributed by atoms with Crippen LogP contribution < -0.4 is 11.1 Å². The molecule has 0 radical (unpaired) electrons. The van der Waals surface area contributed by atoms with Crippen molar-refractivity contribution >= 4 is 5.82 Å². The summed E-state index contributed by atoms with van der Waals surface area (Å²) < 4.78 is 6.06. The van der Waals surface area contributed by atoms with Crippen LogP contribution in [0.3, 0.4) is 0 Å². The Hall–Kier alpha value is -2.05. The second-order valence-corrected chi connectivity index (χ2v) is 7.75. The lowest BCUT2D eigenvalue weighted by atomic mass is 10.00. The number of rotatable bonds is 4. The fourth-order valence-electron chi connectivity index (χ4n) is 4.47. The molecule has 130 valence electrons. The fraction of sp³-hybridized carbons (Fsp3) is 0.526. The van der Waals surface area contributed by atoms with E-state index in [0.717, 1.165) is 62.3 Å². The topological polar surface area (TPSA) is 86.0 Å². The number of nitrogens with zero attached hydrogens (tertiary/aromatic N) is 3. The van der Waals surface area contributed by atoms with Crippen LogP contribution in [0.5, 0.6) is 0 Å². The van der Waals surface area contributed by atoms with E-state index in [1.165, 1.54) is 5.56 Å². The van der Waals surface area contributed by atoms with Gasteiger partial charge in [-0.3, -0.25) is 4.98 Å². The maximum atomic E-state index is 6.36. The van der Waals surface area contributed by atoms with Crippen molar-refractivity contribution in [1.82, 2.24) is 15.0 Å². The molecule has 2 fully saturated rings. The van der Waals surface area contributed by atoms with Crippen LogP contribution in [-0.2, 0) is 17.6 Å². The molecule has 3 N–H and O–H groups in total. The van der Waals surface area contributed by atoms with Crippen molar-refractivity contribution < 1.29 is 4.74 Å². The summed E-state index contributed by atoms with van der Waals surface area (Å²) in [6.07, 6.45) is 7.98. The van der Waals surface area contributed by atoms with Gasteiger partial charge < -0.3 is 15.8 Å². The van der Waals surface area contributed by atoms with E-state index in [0.29, 0.717) is 12.4 Å². The number of hydrogen-bond donors (Lipinski definition) is 2. The lowest BCUT2D eigenvalue weighted by molar-refractivity contribution is -0.00938. The predicted molar refractivity (Wildman–Crippen MR) is 95.2 cm³/mol. The van der Waals surface area contributed by atoms with Gasteiger partial charge >= 0.3 is 0 Å². The minimum atomic E-state index is -0.129. The van der Waals surface area contributed by atoms with Crippen molar-refractivity contribution in [2.75, 3.05) is 18.5 Å². The molecule has 0 aromatic carbocycles. The van der Waals surface area contributed by atoms with Crippen molar-refractivity contribution in [1.29, 1.82) is 0 Å². The van der Waals surface area contributed by atoms with E-state index >= 15 is 0 Å². The first-order chi connectivity index (χ1) is 12.1. The van der Waals surface area contributed by atoms with Crippen molar-refractivity contribution in [2.45, 2.75) is 49.7 Å². The van der Waals surface area contributed by atoms with E-state index in [1.54, 1.807) is 6.20 Å². The zero-order valence-electron chi connectivity index (χ0n) is 14.3. The first-order valence-corrected chi connectivity index (χ1v) is 9.13. The van der Waals surface area contributed by atoms with Crippen molar-refractivity contribution in [3.05, 3.63) is 35.7 Å². The minimum absolute atomic E-state index is 0.117. The van der Waals surface area contributed by atoms with Gasteiger partial charge in [0.25, 0.3) is 0 Å². The number of anilines is 1. The van der Waals surface area contributed by atoms with E-state index in [-0.39, 0.29) is 11.1 Å². The highest BCUT2D eigenvalue weighted by Crippen LogP contribution is 2.45. The zero-order chi connectivity index (χ0) is 16.9. The Morgan fingerprint density at radius 1 is 1.20 bits per heavy atom. The maximum absolute atomic E-state index is 6.36. The van der Waals surface area contributed by atoms with Gasteiger partial charge in [-0.2, -0.15) is 0 Å². The molecule has 1 aliphatic heterocycles. The van der Waals surface area contributed by atoms with Crippen LogP contribution >= 0.6 is 0 Å². The maximum Gasteiger partial charge on any atom is 0.180 e. The minimum Gasteiger partial charge on any atom is -0.371 e. The number of ether oxygens (including phenoxy) is 1. The third-order valence-electron chi connectivity index (χ3n) is 5.82. The van der Waals surface area contributed by atoms with Crippen molar-refractivity contribution in [3.8, 4) is 11.5 Å². The molecule has 0 spiro atoms. The average molecular weight is 337 g/mol. The van der Waals surface area contributed by atoms with E-state index in [9.17, 15) is 0 Å². The van der Waals surface area contributed by atoms with Crippen LogP contribution in [0.15, 0.2) is 24.4 Å². The molecule has 5 rings (SSSR count). The van der Waals surface area contributed by atoms with E-state index in [1.807, 2.05) is 18.2 Å². The van der Waals surface area contributed by atoms with Gasteiger partial charge in [0.15, 0.2) is 5.82 Å². The van der Waals surface area contributed by atoms with E-state index < -0.39 is 0 Å². The number of nitrogens with two attached hydrogens (primary N) is 1. The molecule has 2 atom stereocenters. The highest BCUT2D eigenvalue weighted by atomic mass is 16.5. The molecule has 2 bridgehead atoms. The normalized spacial score (nSPS) is 29.8. The van der Waals surface area contributed by atoms with Crippen LogP contribution in [0.25, 0.3) is 11.5 Å². The summed E-state index contributed by atoms with van der Waals surface area (Å²) in [5.41, 5.74) is 9.34. The van der Waals surface area contributed by atoms with Crippen LogP contribution in [0.1, 0.15) is 36.9 Å². The number of fused-ring (bicyclic) bond motifs is 3. The monoisotopic (exact) mass is 337 g/mol. The van der Waals surface area contributed by atoms with Crippen molar-refractivity contribution in [3.63, 3.8) is 0 Å². The summed E-state index contributed by atoms with van der Waals surface area (Å²) in [6.45, 7) is 1.44. The molecule has 1 saturated heterocycles. The smallest absolute Gasteiger partial charge is 0.180 e. The van der Waals surface area contributed by atoms with Crippen LogP contribution in [0.2, 0.25) is 0 Å². The first-order valence-electron chi connectivity index (χ1n) is 9.13. The predicted octanol–water partition coefficient (Wildman–Crippen LogP) is 2.09. The Balaban J connectivity index is 1.44. The Bertz CT molecular complexity index is 799. The Labute approximate surface area is 147 Å². The highest BCUT2D eigenvalue weighted by molar-refractivity contribution is 5.57. The number of aryl methyl sites for hydroxylation is 1. The second-order valence-electron chi connectivity index (χ2n) is 7.75. The molecule has 1 saturated carbocycles. The van der Waals surface area contributed by atoms with Gasteiger partial charge in [0.2, 0.25) is 0 Å². The average Bonchev–Trinajstić information content (AvgIpc) is 3.33. The number of aromatic nitrogens is 3. The van der Waals surface area contributed by atoms with Gasteiger partial charge in [0, 0.05) is 29.5 Å². The van der Waals surface area contributed by atoms with Crippen LogP contribution in [-0.4, -0.2) is 39.2 Å². The highest BCUT2D eigenvalue weighted by Gasteiger charge is 2.53. The summed E-state index contributed by atoms with van der Waals surface area (Å²) in [5.74, 6) is 1.65.